The molecule has 5 heteroatoms. The van der Waals surface area contributed by atoms with Crippen LogP contribution in [-0.4, -0.2) is 21.6 Å². The van der Waals surface area contributed by atoms with Gasteiger partial charge in [-0.15, -0.1) is 11.8 Å². The van der Waals surface area contributed by atoms with E-state index in [1.54, 1.807) is 0 Å². The first-order valence-electron chi connectivity index (χ1n) is 5.35. The molecule has 1 aliphatic heterocycles. The molecule has 0 saturated carbocycles. The predicted molar refractivity (Wildman–Crippen MR) is 62.1 cm³/mol. The summed E-state index contributed by atoms with van der Waals surface area (Å²) in [7, 11) is 0. The van der Waals surface area contributed by atoms with E-state index in [-0.39, 0.29) is 12.0 Å². The zero-order chi connectivity index (χ0) is 12.5. The minimum atomic E-state index is -0.991. The molecule has 92 valence electrons. The van der Waals surface area contributed by atoms with Crippen LogP contribution in [0.3, 0.4) is 0 Å². The third-order valence-electron chi connectivity index (χ3n) is 3.00. The molecule has 2 rings (SSSR count). The molecule has 1 N–H and O–H groups in total. The highest BCUT2D eigenvalue weighted by atomic mass is 32.2. The van der Waals surface area contributed by atoms with E-state index in [0.29, 0.717) is 6.42 Å². The second-order valence-corrected chi connectivity index (χ2v) is 5.62. The molecule has 1 aliphatic rings. The maximum atomic E-state index is 13.5. The Labute approximate surface area is 102 Å². The van der Waals surface area contributed by atoms with E-state index in [9.17, 15) is 18.7 Å². The first-order valence-corrected chi connectivity index (χ1v) is 6.34. The van der Waals surface area contributed by atoms with Gasteiger partial charge in [0.1, 0.15) is 4.75 Å². The van der Waals surface area contributed by atoms with E-state index in [1.807, 2.05) is 0 Å². The van der Waals surface area contributed by atoms with Crippen molar-refractivity contribution in [2.45, 2.75) is 24.0 Å². The number of hydrogen-bond acceptors (Lipinski definition) is 2. The Kier molecular flexibility index (Phi) is 3.38. The molecule has 0 bridgehead atoms. The summed E-state index contributed by atoms with van der Waals surface area (Å²) in [6, 6.07) is 3.89. The summed E-state index contributed by atoms with van der Waals surface area (Å²) in [6.07, 6.45) is 1.34. The lowest BCUT2D eigenvalue weighted by atomic mass is 9.94. The number of carboxylic acid groups (broad SMARTS) is 1. The van der Waals surface area contributed by atoms with E-state index < -0.39 is 22.4 Å². The number of halogens is 2. The molecule has 17 heavy (non-hydrogen) atoms. The van der Waals surface area contributed by atoms with Gasteiger partial charge in [-0.05, 0) is 30.2 Å². The highest BCUT2D eigenvalue weighted by molar-refractivity contribution is 8.01. The molecule has 1 fully saturated rings. The number of aliphatic carboxylic acids is 1. The van der Waals surface area contributed by atoms with Crippen molar-refractivity contribution in [3.05, 3.63) is 35.4 Å². The second-order valence-electron chi connectivity index (χ2n) is 4.14. The predicted octanol–water partition coefficient (Wildman–Crippen LogP) is 2.86. The van der Waals surface area contributed by atoms with Gasteiger partial charge in [0.05, 0.1) is 0 Å². The van der Waals surface area contributed by atoms with Gasteiger partial charge in [-0.25, -0.2) is 8.78 Å². The highest BCUT2D eigenvalue weighted by Gasteiger charge is 2.42. The van der Waals surface area contributed by atoms with Crippen molar-refractivity contribution in [2.24, 2.45) is 0 Å². The quantitative estimate of drug-likeness (QED) is 0.905. The van der Waals surface area contributed by atoms with Gasteiger partial charge < -0.3 is 5.11 Å². The first kappa shape index (κ1) is 12.4. The summed E-state index contributed by atoms with van der Waals surface area (Å²) < 4.78 is 25.6. The molecule has 1 atom stereocenters. The van der Waals surface area contributed by atoms with Crippen molar-refractivity contribution in [1.29, 1.82) is 0 Å². The minimum Gasteiger partial charge on any atom is -0.480 e. The fourth-order valence-corrected chi connectivity index (χ4v) is 3.42. The van der Waals surface area contributed by atoms with Gasteiger partial charge in [0.2, 0.25) is 0 Å². The monoisotopic (exact) mass is 258 g/mol. The fraction of sp³-hybridized carbons (Fsp3) is 0.417. The molecular formula is C12H12F2O2S. The van der Waals surface area contributed by atoms with E-state index >= 15 is 0 Å². The fourth-order valence-electron chi connectivity index (χ4n) is 2.07. The van der Waals surface area contributed by atoms with Crippen molar-refractivity contribution in [3.63, 3.8) is 0 Å². The van der Waals surface area contributed by atoms with Crippen LogP contribution in [0.5, 0.6) is 0 Å². The number of thioether (sulfide) groups is 1. The van der Waals surface area contributed by atoms with E-state index in [1.165, 1.54) is 23.9 Å². The molecule has 0 aliphatic carbocycles. The Bertz CT molecular complexity index is 442. The molecule has 0 aromatic heterocycles. The standard InChI is InChI=1S/C12H12F2O2S/c13-9-4-1-3-8(10(9)14)7-12(11(15)16)5-2-6-17-12/h1,3-4H,2,5-7H2,(H,15,16). The molecule has 0 radical (unpaired) electrons. The zero-order valence-corrected chi connectivity index (χ0v) is 9.90. The normalized spacial score (nSPS) is 23.9. The number of benzene rings is 1. The Balaban J connectivity index is 2.30. The third kappa shape index (κ3) is 2.29. The van der Waals surface area contributed by atoms with Crippen LogP contribution in [0, 0.1) is 11.6 Å². The number of hydrogen-bond donors (Lipinski definition) is 1. The summed E-state index contributed by atoms with van der Waals surface area (Å²) in [5, 5.41) is 9.25. The molecule has 1 aromatic rings. The minimum absolute atomic E-state index is 0.0383. The van der Waals surface area contributed by atoms with Gasteiger partial charge in [0, 0.05) is 6.42 Å². The van der Waals surface area contributed by atoms with E-state index in [0.717, 1.165) is 18.2 Å². The average Bonchev–Trinajstić information content (AvgIpc) is 2.75. The largest absolute Gasteiger partial charge is 0.480 e. The summed E-state index contributed by atoms with van der Waals surface area (Å²) in [5.74, 6) is -2.04. The highest BCUT2D eigenvalue weighted by Crippen LogP contribution is 2.41. The summed E-state index contributed by atoms with van der Waals surface area (Å²) in [5.41, 5.74) is 0.141. The van der Waals surface area contributed by atoms with Crippen LogP contribution in [0.2, 0.25) is 0 Å². The van der Waals surface area contributed by atoms with Crippen LogP contribution < -0.4 is 0 Å². The Hall–Kier alpha value is -1.10. The lowest BCUT2D eigenvalue weighted by Crippen LogP contribution is -2.35. The van der Waals surface area contributed by atoms with Crippen LogP contribution in [0.1, 0.15) is 18.4 Å². The van der Waals surface area contributed by atoms with Gasteiger partial charge in [0.25, 0.3) is 0 Å². The Morgan fingerprint density at radius 1 is 1.47 bits per heavy atom. The number of carbonyl (C=O) groups is 1. The SMILES string of the molecule is O=C(O)C1(Cc2cccc(F)c2F)CCCS1. The van der Waals surface area contributed by atoms with Gasteiger partial charge in [-0.2, -0.15) is 0 Å². The first-order chi connectivity index (χ1) is 8.05. The van der Waals surface area contributed by atoms with Crippen molar-refractivity contribution in [1.82, 2.24) is 0 Å². The molecule has 2 nitrogen and oxygen atoms in total. The molecule has 1 unspecified atom stereocenters. The lowest BCUT2D eigenvalue weighted by Gasteiger charge is -2.23. The van der Waals surface area contributed by atoms with Crippen LogP contribution in [0.15, 0.2) is 18.2 Å². The van der Waals surface area contributed by atoms with Crippen LogP contribution in [-0.2, 0) is 11.2 Å². The smallest absolute Gasteiger partial charge is 0.320 e. The van der Waals surface area contributed by atoms with Gasteiger partial charge >= 0.3 is 5.97 Å². The van der Waals surface area contributed by atoms with Crippen LogP contribution >= 0.6 is 11.8 Å². The topological polar surface area (TPSA) is 37.3 Å². The summed E-state index contributed by atoms with van der Waals surface area (Å²) in [4.78, 5) is 11.3. The summed E-state index contributed by atoms with van der Waals surface area (Å²) >= 11 is 1.32. The van der Waals surface area contributed by atoms with Crippen LogP contribution in [0.4, 0.5) is 8.78 Å². The number of carboxylic acids is 1. The maximum absolute atomic E-state index is 13.5. The van der Waals surface area contributed by atoms with Gasteiger partial charge in [-0.3, -0.25) is 4.79 Å². The molecule has 1 saturated heterocycles. The summed E-state index contributed by atoms with van der Waals surface area (Å²) in [6.45, 7) is 0. The molecule has 1 aromatic carbocycles. The van der Waals surface area contributed by atoms with Crippen LogP contribution in [0.25, 0.3) is 0 Å². The second kappa shape index (κ2) is 4.64. The van der Waals surface area contributed by atoms with Gasteiger partial charge in [0.15, 0.2) is 11.6 Å². The zero-order valence-electron chi connectivity index (χ0n) is 9.08. The van der Waals surface area contributed by atoms with Gasteiger partial charge in [-0.1, -0.05) is 12.1 Å². The lowest BCUT2D eigenvalue weighted by molar-refractivity contribution is -0.139. The average molecular weight is 258 g/mol. The van der Waals surface area contributed by atoms with Crippen molar-refractivity contribution >= 4 is 17.7 Å². The maximum Gasteiger partial charge on any atom is 0.320 e. The molecular weight excluding hydrogens is 246 g/mol. The van der Waals surface area contributed by atoms with Crippen molar-refractivity contribution in [3.8, 4) is 0 Å². The third-order valence-corrected chi connectivity index (χ3v) is 4.57. The Morgan fingerprint density at radius 2 is 2.24 bits per heavy atom. The molecule has 0 spiro atoms. The van der Waals surface area contributed by atoms with Crippen molar-refractivity contribution < 1.29 is 18.7 Å². The van der Waals surface area contributed by atoms with E-state index in [4.69, 9.17) is 0 Å². The Morgan fingerprint density at radius 3 is 2.82 bits per heavy atom. The number of rotatable bonds is 3. The molecule has 1 heterocycles. The molecule has 0 amide bonds. The van der Waals surface area contributed by atoms with Crippen molar-refractivity contribution in [2.75, 3.05) is 5.75 Å². The van der Waals surface area contributed by atoms with E-state index in [2.05, 4.69) is 0 Å².